The molecule has 1 aromatic heterocycles. The smallest absolute Gasteiger partial charge is 0.0547 e. The Kier molecular flexibility index (Phi) is 8.70. The van der Waals surface area contributed by atoms with Crippen molar-refractivity contribution in [2.75, 3.05) is 4.90 Å². The fourth-order valence-electron chi connectivity index (χ4n) is 8.47. The van der Waals surface area contributed by atoms with Gasteiger partial charge in [-0.3, -0.25) is 0 Å². The highest BCUT2D eigenvalue weighted by Crippen LogP contribution is 2.44. The first kappa shape index (κ1) is 33.4. The molecule has 1 unspecified atom stereocenters. The molecule has 0 saturated carbocycles. The quantitative estimate of drug-likeness (QED) is 0.152. The lowest BCUT2D eigenvalue weighted by molar-refractivity contribution is 0.856. The number of anilines is 3. The average Bonchev–Trinajstić information content (AvgIpc) is 3.63. The minimum Gasteiger partial charge on any atom is -0.310 e. The molecular weight excluding hydrogens is 677 g/mol. The second-order valence-corrected chi connectivity index (χ2v) is 14.5. The van der Waals surface area contributed by atoms with Gasteiger partial charge in [0.05, 0.1) is 16.7 Å². The minimum absolute atomic E-state index is 0.414. The Labute approximate surface area is 328 Å². The lowest BCUT2D eigenvalue weighted by atomic mass is 9.88. The molecule has 0 fully saturated rings. The zero-order valence-corrected chi connectivity index (χ0v) is 31.0. The molecule has 0 spiro atoms. The predicted molar refractivity (Wildman–Crippen MR) is 237 cm³/mol. The summed E-state index contributed by atoms with van der Waals surface area (Å²) in [4.78, 5) is 2.42. The Hall–Kier alpha value is -7.16. The van der Waals surface area contributed by atoms with Crippen LogP contribution in [-0.2, 0) is 0 Å². The van der Waals surface area contributed by atoms with Gasteiger partial charge in [0.25, 0.3) is 0 Å². The van der Waals surface area contributed by atoms with Crippen LogP contribution in [-0.4, -0.2) is 4.57 Å². The monoisotopic (exact) mass is 716 g/mol. The summed E-state index contributed by atoms with van der Waals surface area (Å²) in [5.74, 6) is 0.414. The first-order chi connectivity index (χ1) is 27.8. The van der Waals surface area contributed by atoms with Crippen LogP contribution >= 0.6 is 0 Å². The molecule has 8 aromatic carbocycles. The van der Waals surface area contributed by atoms with Gasteiger partial charge in [-0.1, -0.05) is 170 Å². The Bertz CT molecular complexity index is 2860. The summed E-state index contributed by atoms with van der Waals surface area (Å²) in [7, 11) is 0. The molecule has 56 heavy (non-hydrogen) atoms. The van der Waals surface area contributed by atoms with E-state index in [1.165, 1.54) is 60.8 Å². The highest BCUT2D eigenvalue weighted by atomic mass is 15.1. The molecule has 9 aromatic rings. The lowest BCUT2D eigenvalue weighted by Gasteiger charge is -2.28. The molecule has 0 bridgehead atoms. The molecule has 1 heterocycles. The van der Waals surface area contributed by atoms with Crippen molar-refractivity contribution in [3.8, 4) is 27.9 Å². The second kappa shape index (κ2) is 14.6. The van der Waals surface area contributed by atoms with Gasteiger partial charge >= 0.3 is 0 Å². The second-order valence-electron chi connectivity index (χ2n) is 14.5. The first-order valence-electron chi connectivity index (χ1n) is 19.5. The number of fused-ring (bicyclic) bond motifs is 3. The number of hydrogen-bond acceptors (Lipinski definition) is 1. The molecule has 1 aliphatic rings. The van der Waals surface area contributed by atoms with Crippen LogP contribution in [0.1, 0.15) is 23.5 Å². The van der Waals surface area contributed by atoms with Crippen LogP contribution < -0.4 is 4.90 Å². The van der Waals surface area contributed by atoms with Gasteiger partial charge in [0.15, 0.2) is 0 Å². The van der Waals surface area contributed by atoms with E-state index in [1.54, 1.807) is 0 Å². The first-order valence-corrected chi connectivity index (χ1v) is 19.5. The molecule has 2 heteroatoms. The summed E-state index contributed by atoms with van der Waals surface area (Å²) >= 11 is 0. The van der Waals surface area contributed by atoms with Crippen molar-refractivity contribution in [3.05, 3.63) is 236 Å². The van der Waals surface area contributed by atoms with Gasteiger partial charge in [0, 0.05) is 39.3 Å². The zero-order chi connectivity index (χ0) is 37.3. The van der Waals surface area contributed by atoms with E-state index in [-0.39, 0.29) is 0 Å². The number of nitrogens with zero attached hydrogens (tertiary/aromatic N) is 2. The maximum Gasteiger partial charge on any atom is 0.0547 e. The Morgan fingerprint density at radius 2 is 1.11 bits per heavy atom. The zero-order valence-electron chi connectivity index (χ0n) is 31.0. The van der Waals surface area contributed by atoms with Crippen LogP contribution in [0.15, 0.2) is 224 Å². The molecular formula is C54H40N2. The van der Waals surface area contributed by atoms with Crippen molar-refractivity contribution in [1.29, 1.82) is 0 Å². The maximum atomic E-state index is 2.42. The highest BCUT2D eigenvalue weighted by molar-refractivity contribution is 6.16. The third-order valence-corrected chi connectivity index (χ3v) is 11.1. The molecule has 2 nitrogen and oxygen atoms in total. The Morgan fingerprint density at radius 1 is 0.464 bits per heavy atom. The lowest BCUT2D eigenvalue weighted by Crippen LogP contribution is -2.11. The topological polar surface area (TPSA) is 8.17 Å². The van der Waals surface area contributed by atoms with E-state index < -0.39 is 0 Å². The standard InChI is InChI=1S/C54H40N2/c1-4-16-39(17-5-1)40-30-32-41(33-31-40)42-34-36-46(37-35-42)55(51-27-12-10-24-48(51)43-18-6-2-7-19-43)47-23-14-20-44(38-47)49-26-15-29-53-54(49)50-25-11-13-28-52(50)56(53)45-21-8-3-9-22-45/h1-30,32-38,40H,31H2. The largest absolute Gasteiger partial charge is 0.310 e. The molecule has 10 rings (SSSR count). The van der Waals surface area contributed by atoms with Gasteiger partial charge in [0.2, 0.25) is 0 Å². The summed E-state index contributed by atoms with van der Waals surface area (Å²) in [6.07, 6.45) is 8.02. The molecule has 0 aliphatic heterocycles. The van der Waals surface area contributed by atoms with Gasteiger partial charge < -0.3 is 9.47 Å². The van der Waals surface area contributed by atoms with Crippen molar-refractivity contribution < 1.29 is 0 Å². The number of rotatable bonds is 8. The summed E-state index contributed by atoms with van der Waals surface area (Å²) < 4.78 is 2.39. The van der Waals surface area contributed by atoms with Crippen molar-refractivity contribution in [3.63, 3.8) is 0 Å². The van der Waals surface area contributed by atoms with Gasteiger partial charge in [-0.2, -0.15) is 0 Å². The number of aromatic nitrogens is 1. The molecule has 266 valence electrons. The van der Waals surface area contributed by atoms with Crippen molar-refractivity contribution >= 4 is 44.4 Å². The van der Waals surface area contributed by atoms with Gasteiger partial charge in [-0.05, 0) is 94.4 Å². The van der Waals surface area contributed by atoms with Crippen molar-refractivity contribution in [2.24, 2.45) is 0 Å². The van der Waals surface area contributed by atoms with E-state index in [0.717, 1.165) is 29.2 Å². The third-order valence-electron chi connectivity index (χ3n) is 11.1. The number of para-hydroxylation sites is 3. The summed E-state index contributed by atoms with van der Waals surface area (Å²) in [5, 5.41) is 2.50. The molecule has 1 atom stereocenters. The van der Waals surface area contributed by atoms with Crippen LogP contribution in [0.5, 0.6) is 0 Å². The van der Waals surface area contributed by atoms with Crippen LogP contribution in [0.3, 0.4) is 0 Å². The SMILES string of the molecule is C1=CC(c2ccccc2)CC=C1c1ccc(N(c2cccc(-c3cccc4c3c3ccccc3n4-c3ccccc3)c2)c2ccccc2-c2ccccc2)cc1. The van der Waals surface area contributed by atoms with E-state index in [0.29, 0.717) is 5.92 Å². The molecule has 1 aliphatic carbocycles. The average molecular weight is 717 g/mol. The Balaban J connectivity index is 1.09. The van der Waals surface area contributed by atoms with E-state index in [9.17, 15) is 0 Å². The highest BCUT2D eigenvalue weighted by Gasteiger charge is 2.20. The fraction of sp³-hybridized carbons (Fsp3) is 0.0370. The fourth-order valence-corrected chi connectivity index (χ4v) is 8.47. The van der Waals surface area contributed by atoms with E-state index in [1.807, 2.05) is 0 Å². The third kappa shape index (κ3) is 6.12. The van der Waals surface area contributed by atoms with E-state index >= 15 is 0 Å². The van der Waals surface area contributed by atoms with Crippen molar-refractivity contribution in [2.45, 2.75) is 12.3 Å². The molecule has 0 saturated heterocycles. The van der Waals surface area contributed by atoms with Gasteiger partial charge in [0.1, 0.15) is 0 Å². The predicted octanol–water partition coefficient (Wildman–Crippen LogP) is 14.7. The van der Waals surface area contributed by atoms with Crippen LogP contribution in [0.4, 0.5) is 17.1 Å². The molecule has 0 amide bonds. The van der Waals surface area contributed by atoms with Crippen LogP contribution in [0.2, 0.25) is 0 Å². The van der Waals surface area contributed by atoms with Crippen molar-refractivity contribution in [1.82, 2.24) is 4.57 Å². The number of hydrogen-bond donors (Lipinski definition) is 0. The maximum absolute atomic E-state index is 2.42. The summed E-state index contributed by atoms with van der Waals surface area (Å²) in [6.45, 7) is 0. The summed E-state index contributed by atoms with van der Waals surface area (Å²) in [6, 6.07) is 74.6. The van der Waals surface area contributed by atoms with E-state index in [4.69, 9.17) is 0 Å². The number of benzene rings is 8. The normalized spacial score (nSPS) is 13.9. The van der Waals surface area contributed by atoms with Gasteiger partial charge in [-0.25, -0.2) is 0 Å². The minimum atomic E-state index is 0.414. The Morgan fingerprint density at radius 3 is 1.89 bits per heavy atom. The van der Waals surface area contributed by atoms with Crippen LogP contribution in [0.25, 0.3) is 55.3 Å². The van der Waals surface area contributed by atoms with Crippen LogP contribution in [0, 0.1) is 0 Å². The molecule has 0 radical (unpaired) electrons. The number of allylic oxidation sites excluding steroid dienone is 4. The van der Waals surface area contributed by atoms with E-state index in [2.05, 4.69) is 234 Å². The summed E-state index contributed by atoms with van der Waals surface area (Å²) in [5.41, 5.74) is 15.5. The van der Waals surface area contributed by atoms with Gasteiger partial charge in [-0.15, -0.1) is 0 Å². The molecule has 0 N–H and O–H groups in total.